The Morgan fingerprint density at radius 3 is 2.94 bits per heavy atom. The molecule has 7 heteroatoms. The minimum atomic E-state index is -0.893. The fourth-order valence-corrected chi connectivity index (χ4v) is 1.70. The summed E-state index contributed by atoms with van der Waals surface area (Å²) in [4.78, 5) is 26.2. The van der Waals surface area contributed by atoms with E-state index in [0.29, 0.717) is 17.0 Å². The van der Waals surface area contributed by atoms with E-state index in [1.165, 1.54) is 12.7 Å². The van der Waals surface area contributed by atoms with Crippen molar-refractivity contribution in [3.63, 3.8) is 0 Å². The molecule has 3 N–H and O–H groups in total. The summed E-state index contributed by atoms with van der Waals surface area (Å²) in [6.07, 6.45) is 3.63. The van der Waals surface area contributed by atoms with Gasteiger partial charge < -0.3 is 15.4 Å². The SMILES string of the molecule is CCC(C)C(Nc1ncnc2nc[nH]c12)C(=O)O. The lowest BCUT2D eigenvalue weighted by atomic mass is 9.99. The first kappa shape index (κ1) is 12.3. The number of aliphatic carboxylic acids is 1. The average Bonchev–Trinajstić information content (AvgIpc) is 2.83. The van der Waals surface area contributed by atoms with Gasteiger partial charge in [0.15, 0.2) is 11.5 Å². The van der Waals surface area contributed by atoms with Gasteiger partial charge >= 0.3 is 5.97 Å². The molecule has 0 aromatic carbocycles. The third kappa shape index (κ3) is 2.24. The number of nitrogens with zero attached hydrogens (tertiary/aromatic N) is 3. The Morgan fingerprint density at radius 1 is 1.50 bits per heavy atom. The summed E-state index contributed by atoms with van der Waals surface area (Å²) >= 11 is 0. The summed E-state index contributed by atoms with van der Waals surface area (Å²) in [6.45, 7) is 3.84. The molecule has 0 aliphatic rings. The second kappa shape index (κ2) is 4.99. The smallest absolute Gasteiger partial charge is 0.326 e. The molecule has 0 fully saturated rings. The predicted molar refractivity (Wildman–Crippen MR) is 66.2 cm³/mol. The largest absolute Gasteiger partial charge is 0.480 e. The van der Waals surface area contributed by atoms with Gasteiger partial charge in [-0.05, 0) is 5.92 Å². The molecule has 0 aliphatic heterocycles. The number of aromatic nitrogens is 4. The van der Waals surface area contributed by atoms with Crippen molar-refractivity contribution in [3.8, 4) is 0 Å². The van der Waals surface area contributed by atoms with Gasteiger partial charge in [0.1, 0.15) is 17.9 Å². The van der Waals surface area contributed by atoms with Crippen LogP contribution in [0.15, 0.2) is 12.7 Å². The fraction of sp³-hybridized carbons (Fsp3) is 0.455. The number of carbonyl (C=O) groups is 1. The van der Waals surface area contributed by atoms with Crippen molar-refractivity contribution >= 4 is 23.0 Å². The summed E-state index contributed by atoms with van der Waals surface area (Å²) in [5, 5.41) is 12.2. The monoisotopic (exact) mass is 249 g/mol. The summed E-state index contributed by atoms with van der Waals surface area (Å²) in [7, 11) is 0. The minimum Gasteiger partial charge on any atom is -0.480 e. The van der Waals surface area contributed by atoms with E-state index >= 15 is 0 Å². The standard InChI is InChI=1S/C11H15N5O2/c1-3-6(2)7(11(17)18)16-10-8-9(13-4-12-8)14-5-15-10/h4-7H,3H2,1-2H3,(H,17,18)(H2,12,13,14,15,16). The van der Waals surface area contributed by atoms with E-state index in [1.54, 1.807) is 0 Å². The number of hydrogen-bond donors (Lipinski definition) is 3. The van der Waals surface area contributed by atoms with Crippen LogP contribution in [0, 0.1) is 5.92 Å². The zero-order valence-electron chi connectivity index (χ0n) is 10.2. The van der Waals surface area contributed by atoms with E-state index in [-0.39, 0.29) is 5.92 Å². The number of fused-ring (bicyclic) bond motifs is 1. The molecule has 0 aliphatic carbocycles. The van der Waals surface area contributed by atoms with Gasteiger partial charge in [-0.2, -0.15) is 0 Å². The normalized spacial score (nSPS) is 14.3. The number of carboxylic acid groups (broad SMARTS) is 1. The van der Waals surface area contributed by atoms with Crippen LogP contribution in [0.2, 0.25) is 0 Å². The van der Waals surface area contributed by atoms with Crippen LogP contribution in [0.4, 0.5) is 5.82 Å². The number of H-pyrrole nitrogens is 1. The first-order valence-corrected chi connectivity index (χ1v) is 5.77. The van der Waals surface area contributed by atoms with Gasteiger partial charge in [0.25, 0.3) is 0 Å². The molecule has 2 heterocycles. The minimum absolute atomic E-state index is 0.00423. The molecule has 0 bridgehead atoms. The second-order valence-corrected chi connectivity index (χ2v) is 4.17. The summed E-state index contributed by atoms with van der Waals surface area (Å²) < 4.78 is 0. The van der Waals surface area contributed by atoms with Gasteiger partial charge in [-0.3, -0.25) is 0 Å². The molecule has 96 valence electrons. The summed E-state index contributed by atoms with van der Waals surface area (Å²) in [5.74, 6) is -0.434. The van der Waals surface area contributed by atoms with Gasteiger partial charge in [0, 0.05) is 0 Å². The van der Waals surface area contributed by atoms with Crippen molar-refractivity contribution in [2.45, 2.75) is 26.3 Å². The van der Waals surface area contributed by atoms with Crippen molar-refractivity contribution in [1.82, 2.24) is 19.9 Å². The van der Waals surface area contributed by atoms with E-state index in [0.717, 1.165) is 6.42 Å². The lowest BCUT2D eigenvalue weighted by molar-refractivity contribution is -0.139. The maximum Gasteiger partial charge on any atom is 0.326 e. The Balaban J connectivity index is 2.31. The number of carboxylic acids is 1. The van der Waals surface area contributed by atoms with Gasteiger partial charge in [-0.1, -0.05) is 20.3 Å². The molecule has 0 spiro atoms. The van der Waals surface area contributed by atoms with Crippen molar-refractivity contribution in [2.75, 3.05) is 5.32 Å². The van der Waals surface area contributed by atoms with Crippen molar-refractivity contribution in [1.29, 1.82) is 0 Å². The lowest BCUT2D eigenvalue weighted by Crippen LogP contribution is -2.35. The van der Waals surface area contributed by atoms with E-state index in [9.17, 15) is 9.90 Å². The van der Waals surface area contributed by atoms with Crippen LogP contribution < -0.4 is 5.32 Å². The topological polar surface area (TPSA) is 104 Å². The third-order valence-corrected chi connectivity index (χ3v) is 2.99. The maximum atomic E-state index is 11.2. The van der Waals surface area contributed by atoms with Gasteiger partial charge in [0.05, 0.1) is 6.33 Å². The number of rotatable bonds is 5. The van der Waals surface area contributed by atoms with Crippen LogP contribution in [0.3, 0.4) is 0 Å². The van der Waals surface area contributed by atoms with Crippen molar-refractivity contribution in [3.05, 3.63) is 12.7 Å². The summed E-state index contributed by atoms with van der Waals surface area (Å²) in [5.41, 5.74) is 1.13. The van der Waals surface area contributed by atoms with E-state index in [4.69, 9.17) is 0 Å². The van der Waals surface area contributed by atoms with Gasteiger partial charge in [-0.25, -0.2) is 19.7 Å². The lowest BCUT2D eigenvalue weighted by Gasteiger charge is -2.20. The molecule has 18 heavy (non-hydrogen) atoms. The third-order valence-electron chi connectivity index (χ3n) is 2.99. The molecule has 2 atom stereocenters. The van der Waals surface area contributed by atoms with E-state index in [1.807, 2.05) is 13.8 Å². The molecule has 2 aromatic rings. The molecule has 2 aromatic heterocycles. The Bertz CT molecular complexity index is 553. The zero-order chi connectivity index (χ0) is 13.1. The molecular formula is C11H15N5O2. The number of aromatic amines is 1. The number of anilines is 1. The van der Waals surface area contributed by atoms with E-state index < -0.39 is 12.0 Å². The predicted octanol–water partition coefficient (Wildman–Crippen LogP) is 1.26. The van der Waals surface area contributed by atoms with Crippen LogP contribution >= 0.6 is 0 Å². The Kier molecular flexibility index (Phi) is 3.40. The molecule has 0 radical (unpaired) electrons. The quantitative estimate of drug-likeness (QED) is 0.737. The van der Waals surface area contributed by atoms with Crippen LogP contribution in [0.1, 0.15) is 20.3 Å². The first-order valence-electron chi connectivity index (χ1n) is 5.77. The highest BCUT2D eigenvalue weighted by Crippen LogP contribution is 2.19. The van der Waals surface area contributed by atoms with Crippen LogP contribution in [-0.2, 0) is 4.79 Å². The van der Waals surface area contributed by atoms with Crippen molar-refractivity contribution < 1.29 is 9.90 Å². The molecule has 0 saturated heterocycles. The maximum absolute atomic E-state index is 11.2. The molecule has 7 nitrogen and oxygen atoms in total. The highest BCUT2D eigenvalue weighted by Gasteiger charge is 2.24. The van der Waals surface area contributed by atoms with Gasteiger partial charge in [-0.15, -0.1) is 0 Å². The molecule has 0 saturated carbocycles. The number of imidazole rings is 1. The second-order valence-electron chi connectivity index (χ2n) is 4.17. The number of nitrogens with one attached hydrogen (secondary N) is 2. The van der Waals surface area contributed by atoms with Crippen LogP contribution in [-0.4, -0.2) is 37.1 Å². The van der Waals surface area contributed by atoms with Crippen molar-refractivity contribution in [2.24, 2.45) is 5.92 Å². The number of hydrogen-bond acceptors (Lipinski definition) is 5. The summed E-state index contributed by atoms with van der Waals surface area (Å²) in [6, 6.07) is -0.684. The molecule has 2 rings (SSSR count). The zero-order valence-corrected chi connectivity index (χ0v) is 10.2. The Hall–Kier alpha value is -2.18. The fourth-order valence-electron chi connectivity index (χ4n) is 1.70. The van der Waals surface area contributed by atoms with E-state index in [2.05, 4.69) is 25.3 Å². The van der Waals surface area contributed by atoms with Crippen LogP contribution in [0.5, 0.6) is 0 Å². The molecule has 0 amide bonds. The average molecular weight is 249 g/mol. The Labute approximate surface area is 104 Å². The Morgan fingerprint density at radius 2 is 2.28 bits per heavy atom. The van der Waals surface area contributed by atoms with Crippen LogP contribution in [0.25, 0.3) is 11.2 Å². The molecule has 2 unspecified atom stereocenters. The first-order chi connectivity index (χ1) is 8.63. The highest BCUT2D eigenvalue weighted by atomic mass is 16.4. The highest BCUT2D eigenvalue weighted by molar-refractivity contribution is 5.85. The molecular weight excluding hydrogens is 234 g/mol. The van der Waals surface area contributed by atoms with Gasteiger partial charge in [0.2, 0.25) is 0 Å².